The average molecular weight is 354 g/mol. The molecule has 0 aliphatic carbocycles. The maximum atomic E-state index is 12.9. The van der Waals surface area contributed by atoms with Crippen LogP contribution in [0.15, 0.2) is 35.9 Å². The second kappa shape index (κ2) is 10.5. The Bertz CT molecular complexity index is 467. The van der Waals surface area contributed by atoms with E-state index in [1.54, 1.807) is 38.9 Å². The van der Waals surface area contributed by atoms with Crippen molar-refractivity contribution in [1.29, 1.82) is 0 Å². The van der Waals surface area contributed by atoms with Gasteiger partial charge in [-0.05, 0) is 53.9 Å². The number of hydrogen-bond donors (Lipinski definition) is 1. The summed E-state index contributed by atoms with van der Waals surface area (Å²) in [7, 11) is 0. The van der Waals surface area contributed by atoms with E-state index in [9.17, 15) is 9.90 Å². The maximum absolute atomic E-state index is 12.9. The van der Waals surface area contributed by atoms with Crippen molar-refractivity contribution in [3.8, 4) is 0 Å². The molecule has 0 aromatic rings. The molecule has 6 nitrogen and oxygen atoms in total. The van der Waals surface area contributed by atoms with Crippen molar-refractivity contribution in [3.63, 3.8) is 0 Å². The standard InChI is InChI=1S/C19H35N3O3/c1-9-16(14-15(4)22(11-3)21-20-10-2)17(23)19(7,8)25-13-12-18(5,6)24/h10-11,15-16,24H,2-3,9,12-14H2,1,4-8H3. The fourth-order valence-electron chi connectivity index (χ4n) is 2.50. The van der Waals surface area contributed by atoms with Gasteiger partial charge in [0.1, 0.15) is 5.60 Å². The molecule has 0 spiro atoms. The molecule has 0 saturated carbocycles. The van der Waals surface area contributed by atoms with E-state index in [0.29, 0.717) is 25.9 Å². The first-order valence-electron chi connectivity index (χ1n) is 8.81. The third-order valence-electron chi connectivity index (χ3n) is 4.13. The van der Waals surface area contributed by atoms with Crippen LogP contribution in [0.1, 0.15) is 60.8 Å². The van der Waals surface area contributed by atoms with E-state index in [2.05, 4.69) is 23.5 Å². The van der Waals surface area contributed by atoms with Gasteiger partial charge in [-0.3, -0.25) is 9.80 Å². The molecule has 144 valence electrons. The van der Waals surface area contributed by atoms with Crippen molar-refractivity contribution in [2.24, 2.45) is 16.3 Å². The predicted molar refractivity (Wildman–Crippen MR) is 101 cm³/mol. The quantitative estimate of drug-likeness (QED) is 0.396. The Labute approximate surface area is 152 Å². The van der Waals surface area contributed by atoms with Gasteiger partial charge in [-0.15, -0.1) is 5.11 Å². The molecular formula is C19H35N3O3. The Morgan fingerprint density at radius 2 is 1.92 bits per heavy atom. The number of aliphatic hydroxyl groups is 1. The molecule has 1 N–H and O–H groups in total. The Kier molecular flexibility index (Phi) is 9.82. The van der Waals surface area contributed by atoms with Crippen LogP contribution in [0.4, 0.5) is 0 Å². The monoisotopic (exact) mass is 353 g/mol. The van der Waals surface area contributed by atoms with Gasteiger partial charge in [-0.1, -0.05) is 25.3 Å². The van der Waals surface area contributed by atoms with Gasteiger partial charge >= 0.3 is 0 Å². The van der Waals surface area contributed by atoms with Gasteiger partial charge < -0.3 is 9.84 Å². The lowest BCUT2D eigenvalue weighted by molar-refractivity contribution is -0.147. The number of Topliss-reactive ketones (excluding diaryl/α,β-unsaturated/α-hetero) is 1. The molecule has 0 aromatic heterocycles. The summed E-state index contributed by atoms with van der Waals surface area (Å²) in [5.74, 6) is -0.101. The number of ketones is 1. The van der Waals surface area contributed by atoms with E-state index in [1.807, 2.05) is 13.8 Å². The van der Waals surface area contributed by atoms with E-state index in [0.717, 1.165) is 0 Å². The zero-order valence-corrected chi connectivity index (χ0v) is 16.7. The van der Waals surface area contributed by atoms with Crippen molar-refractivity contribution >= 4 is 5.78 Å². The van der Waals surface area contributed by atoms with Crippen LogP contribution < -0.4 is 0 Å². The molecule has 2 atom stereocenters. The summed E-state index contributed by atoms with van der Waals surface area (Å²) in [4.78, 5) is 12.9. The van der Waals surface area contributed by atoms with Gasteiger partial charge in [-0.2, -0.15) is 0 Å². The van der Waals surface area contributed by atoms with Crippen molar-refractivity contribution < 1.29 is 14.6 Å². The first-order chi connectivity index (χ1) is 11.5. The predicted octanol–water partition coefficient (Wildman–Crippen LogP) is 4.27. The Morgan fingerprint density at radius 3 is 2.36 bits per heavy atom. The second-order valence-electron chi connectivity index (χ2n) is 7.43. The van der Waals surface area contributed by atoms with E-state index in [4.69, 9.17) is 4.74 Å². The second-order valence-corrected chi connectivity index (χ2v) is 7.43. The number of nitrogens with zero attached hydrogens (tertiary/aromatic N) is 3. The molecule has 0 amide bonds. The highest BCUT2D eigenvalue weighted by Crippen LogP contribution is 2.25. The number of ether oxygens (including phenoxy) is 1. The number of carbonyl (C=O) groups is 1. The molecule has 0 radical (unpaired) electrons. The lowest BCUT2D eigenvalue weighted by atomic mass is 9.85. The van der Waals surface area contributed by atoms with Crippen molar-refractivity contribution in [2.45, 2.75) is 78.0 Å². The van der Waals surface area contributed by atoms with E-state index in [1.165, 1.54) is 6.20 Å². The first-order valence-corrected chi connectivity index (χ1v) is 8.81. The van der Waals surface area contributed by atoms with Crippen LogP contribution in [-0.2, 0) is 9.53 Å². The van der Waals surface area contributed by atoms with Gasteiger partial charge in [0, 0.05) is 18.3 Å². The average Bonchev–Trinajstić information content (AvgIpc) is 2.51. The topological polar surface area (TPSA) is 74.5 Å². The highest BCUT2D eigenvalue weighted by atomic mass is 16.5. The highest BCUT2D eigenvalue weighted by Gasteiger charge is 2.35. The van der Waals surface area contributed by atoms with Gasteiger partial charge in [0.25, 0.3) is 0 Å². The molecule has 0 aliphatic heterocycles. The minimum Gasteiger partial charge on any atom is -0.390 e. The van der Waals surface area contributed by atoms with Gasteiger partial charge in [-0.25, -0.2) is 0 Å². The van der Waals surface area contributed by atoms with Crippen molar-refractivity contribution in [2.75, 3.05) is 6.61 Å². The molecule has 0 bridgehead atoms. The summed E-state index contributed by atoms with van der Waals surface area (Å²) >= 11 is 0. The summed E-state index contributed by atoms with van der Waals surface area (Å²) in [6.45, 7) is 18.6. The largest absolute Gasteiger partial charge is 0.390 e. The van der Waals surface area contributed by atoms with Gasteiger partial charge in [0.15, 0.2) is 5.78 Å². The molecule has 0 fully saturated rings. The summed E-state index contributed by atoms with van der Waals surface area (Å²) < 4.78 is 5.78. The van der Waals surface area contributed by atoms with Crippen LogP contribution >= 0.6 is 0 Å². The maximum Gasteiger partial charge on any atom is 0.167 e. The minimum absolute atomic E-state index is 0.0257. The van der Waals surface area contributed by atoms with Gasteiger partial charge in [0.05, 0.1) is 18.2 Å². The van der Waals surface area contributed by atoms with Gasteiger partial charge in [0.2, 0.25) is 0 Å². The van der Waals surface area contributed by atoms with Crippen molar-refractivity contribution in [1.82, 2.24) is 5.01 Å². The van der Waals surface area contributed by atoms with E-state index < -0.39 is 11.2 Å². The molecule has 0 saturated heterocycles. The SMILES string of the molecule is C=CN=NN(C=C)C(C)CC(CC)C(=O)C(C)(C)OCCC(C)(C)O. The van der Waals surface area contributed by atoms with Crippen LogP contribution in [0.25, 0.3) is 0 Å². The van der Waals surface area contributed by atoms with Crippen LogP contribution in [0.2, 0.25) is 0 Å². The number of carbonyl (C=O) groups excluding carboxylic acids is 1. The lowest BCUT2D eigenvalue weighted by Gasteiger charge is -2.31. The van der Waals surface area contributed by atoms with Crippen LogP contribution in [0, 0.1) is 5.92 Å². The first kappa shape index (κ1) is 23.5. The van der Waals surface area contributed by atoms with E-state index in [-0.39, 0.29) is 17.7 Å². The fraction of sp³-hybridized carbons (Fsp3) is 0.737. The summed E-state index contributed by atoms with van der Waals surface area (Å²) in [5, 5.41) is 19.2. The fourth-order valence-corrected chi connectivity index (χ4v) is 2.50. The minimum atomic E-state index is -0.896. The Hall–Kier alpha value is -1.53. The molecule has 25 heavy (non-hydrogen) atoms. The Morgan fingerprint density at radius 1 is 1.32 bits per heavy atom. The number of hydrogen-bond acceptors (Lipinski definition) is 5. The third-order valence-corrected chi connectivity index (χ3v) is 4.13. The van der Waals surface area contributed by atoms with E-state index >= 15 is 0 Å². The molecular weight excluding hydrogens is 318 g/mol. The zero-order valence-electron chi connectivity index (χ0n) is 16.7. The summed E-state index contributed by atoms with van der Waals surface area (Å²) in [6.07, 6.45) is 4.75. The molecule has 0 heterocycles. The molecule has 0 rings (SSSR count). The smallest absolute Gasteiger partial charge is 0.167 e. The summed E-state index contributed by atoms with van der Waals surface area (Å²) in [5.41, 5.74) is -1.70. The highest BCUT2D eigenvalue weighted by molar-refractivity contribution is 5.88. The third kappa shape index (κ3) is 8.93. The van der Waals surface area contributed by atoms with Crippen LogP contribution in [-0.4, -0.2) is 39.7 Å². The number of rotatable bonds is 13. The normalized spacial score (nSPS) is 15.0. The molecule has 6 heteroatoms. The Balaban J connectivity index is 4.89. The molecule has 0 aliphatic rings. The lowest BCUT2D eigenvalue weighted by Crippen LogP contribution is -2.42. The van der Waals surface area contributed by atoms with Crippen LogP contribution in [0.5, 0.6) is 0 Å². The van der Waals surface area contributed by atoms with Crippen LogP contribution in [0.3, 0.4) is 0 Å². The zero-order chi connectivity index (χ0) is 19.7. The molecule has 0 aromatic carbocycles. The molecule has 2 unspecified atom stereocenters. The summed E-state index contributed by atoms with van der Waals surface area (Å²) in [6, 6.07) is -0.0257. The van der Waals surface area contributed by atoms with Crippen molar-refractivity contribution in [3.05, 3.63) is 25.6 Å².